The lowest BCUT2D eigenvalue weighted by Gasteiger charge is -2.18. The normalized spacial score (nSPS) is 12.5. The summed E-state index contributed by atoms with van der Waals surface area (Å²) >= 11 is 0. The van der Waals surface area contributed by atoms with E-state index in [0.29, 0.717) is 11.1 Å². The summed E-state index contributed by atoms with van der Waals surface area (Å²) in [5.41, 5.74) is 2.19. The van der Waals surface area contributed by atoms with Gasteiger partial charge in [-0.3, -0.25) is 4.79 Å². The molecule has 3 aromatic carbocycles. The zero-order valence-corrected chi connectivity index (χ0v) is 17.6. The largest absolute Gasteiger partial charge is 0.406 e. The Kier molecular flexibility index (Phi) is 6.67. The molecule has 3 rings (SSSR count). The zero-order chi connectivity index (χ0) is 22.5. The first kappa shape index (κ1) is 22.4. The van der Waals surface area contributed by atoms with Crippen LogP contribution >= 0.6 is 0 Å². The van der Waals surface area contributed by atoms with Gasteiger partial charge in [0.15, 0.2) is 0 Å². The highest BCUT2D eigenvalue weighted by Gasteiger charge is 2.53. The van der Waals surface area contributed by atoms with Crippen molar-refractivity contribution in [1.29, 1.82) is 0 Å². The van der Waals surface area contributed by atoms with E-state index in [1.807, 2.05) is 13.0 Å². The maximum Gasteiger partial charge on any atom is 0.406 e. The molecule has 0 saturated carbocycles. The number of benzene rings is 3. The van der Waals surface area contributed by atoms with Crippen LogP contribution in [-0.4, -0.2) is 19.5 Å². The maximum atomic E-state index is 14.8. The first-order valence-electron chi connectivity index (χ1n) is 9.56. The molecular formula is C25H20F2O3S. The van der Waals surface area contributed by atoms with Gasteiger partial charge in [-0.2, -0.15) is 8.78 Å². The van der Waals surface area contributed by atoms with Crippen molar-refractivity contribution >= 4 is 15.6 Å². The molecule has 0 N–H and O–H groups in total. The van der Waals surface area contributed by atoms with Gasteiger partial charge in [0, 0.05) is 12.0 Å². The number of aryl methyl sites for hydroxylation is 1. The fraction of sp³-hybridized carbons (Fsp3) is 0.160. The molecule has 0 radical (unpaired) electrons. The van der Waals surface area contributed by atoms with Crippen LogP contribution < -0.4 is 0 Å². The van der Waals surface area contributed by atoms with Crippen molar-refractivity contribution in [3.63, 3.8) is 0 Å². The van der Waals surface area contributed by atoms with Crippen molar-refractivity contribution < 1.29 is 22.0 Å². The number of Topliss-reactive ketones (excluding diaryl/α,β-unsaturated/α-hetero) is 1. The molecule has 1 atom stereocenters. The molecule has 0 spiro atoms. The van der Waals surface area contributed by atoms with E-state index < -0.39 is 38.1 Å². The molecule has 0 aliphatic carbocycles. The van der Waals surface area contributed by atoms with Crippen LogP contribution in [0.25, 0.3) is 0 Å². The molecule has 6 heteroatoms. The van der Waals surface area contributed by atoms with E-state index in [1.165, 1.54) is 18.2 Å². The fourth-order valence-electron chi connectivity index (χ4n) is 2.94. The smallest absolute Gasteiger partial charge is 0.292 e. The standard InChI is InChI=1S/C25H20F2O3S/c1-19-12-15-21(16-13-19)22(17-14-20-8-4-2-5-9-20)18-24(28)25(26,27)31(29,30)23-10-6-3-7-11-23/h2-13,15-16,22H,18H2,1H3/t22-/m1/s1. The number of alkyl halides is 2. The molecule has 158 valence electrons. The monoisotopic (exact) mass is 438 g/mol. The highest BCUT2D eigenvalue weighted by Crippen LogP contribution is 2.33. The minimum atomic E-state index is -5.17. The second-order valence-corrected chi connectivity index (χ2v) is 9.05. The number of ketones is 1. The summed E-state index contributed by atoms with van der Waals surface area (Å²) in [6.07, 6.45) is -0.734. The van der Waals surface area contributed by atoms with Gasteiger partial charge in [-0.25, -0.2) is 8.42 Å². The van der Waals surface area contributed by atoms with Crippen LogP contribution in [-0.2, 0) is 14.6 Å². The van der Waals surface area contributed by atoms with Crippen LogP contribution in [0.15, 0.2) is 89.8 Å². The van der Waals surface area contributed by atoms with Crippen molar-refractivity contribution in [3.05, 3.63) is 102 Å². The summed E-state index contributed by atoms with van der Waals surface area (Å²) in [4.78, 5) is 11.9. The number of rotatable bonds is 6. The minimum Gasteiger partial charge on any atom is -0.292 e. The summed E-state index contributed by atoms with van der Waals surface area (Å²) in [6.45, 7) is 1.88. The van der Waals surface area contributed by atoms with Crippen molar-refractivity contribution in [3.8, 4) is 11.8 Å². The van der Waals surface area contributed by atoms with Gasteiger partial charge in [-0.1, -0.05) is 78.1 Å². The average Bonchev–Trinajstić information content (AvgIpc) is 2.78. The first-order valence-corrected chi connectivity index (χ1v) is 11.0. The molecule has 0 aliphatic rings. The Hall–Kier alpha value is -3.30. The summed E-state index contributed by atoms with van der Waals surface area (Å²) in [7, 11) is -5.17. The van der Waals surface area contributed by atoms with Crippen molar-refractivity contribution in [2.24, 2.45) is 0 Å². The number of sulfone groups is 1. The Morgan fingerprint density at radius 2 is 1.45 bits per heavy atom. The molecular weight excluding hydrogens is 418 g/mol. The highest BCUT2D eigenvalue weighted by atomic mass is 32.2. The summed E-state index contributed by atoms with van der Waals surface area (Å²) in [5, 5.41) is -4.56. The molecule has 0 aliphatic heterocycles. The van der Waals surface area contributed by atoms with E-state index in [9.17, 15) is 22.0 Å². The van der Waals surface area contributed by atoms with Crippen LogP contribution in [0.5, 0.6) is 0 Å². The summed E-state index contributed by atoms with van der Waals surface area (Å²) in [6, 6.07) is 22.2. The second kappa shape index (κ2) is 9.23. The highest BCUT2D eigenvalue weighted by molar-refractivity contribution is 7.93. The molecule has 3 nitrogen and oxygen atoms in total. The van der Waals surface area contributed by atoms with Crippen LogP contribution in [0.2, 0.25) is 0 Å². The topological polar surface area (TPSA) is 51.2 Å². The van der Waals surface area contributed by atoms with Crippen LogP contribution in [0, 0.1) is 18.8 Å². The lowest BCUT2D eigenvalue weighted by atomic mass is 9.93. The quantitative estimate of drug-likeness (QED) is 0.500. The molecule has 0 aromatic heterocycles. The molecule has 0 saturated heterocycles. The SMILES string of the molecule is Cc1ccc([C@H](C#Cc2ccccc2)CC(=O)C(F)(F)S(=O)(=O)c2ccccc2)cc1. The predicted octanol–water partition coefficient (Wildman–Crippen LogP) is 5.16. The minimum absolute atomic E-state index is 0.565. The number of halogens is 2. The third-order valence-corrected chi connectivity index (χ3v) is 6.54. The van der Waals surface area contributed by atoms with Gasteiger partial charge in [-0.05, 0) is 36.8 Å². The van der Waals surface area contributed by atoms with Crippen LogP contribution in [0.3, 0.4) is 0 Å². The van der Waals surface area contributed by atoms with E-state index in [4.69, 9.17) is 0 Å². The molecule has 0 unspecified atom stereocenters. The summed E-state index contributed by atoms with van der Waals surface area (Å²) < 4.78 is 54.5. The third-order valence-electron chi connectivity index (χ3n) is 4.75. The Labute approximate surface area is 180 Å². The Morgan fingerprint density at radius 1 is 0.903 bits per heavy atom. The lowest BCUT2D eigenvalue weighted by molar-refractivity contribution is -0.133. The second-order valence-electron chi connectivity index (χ2n) is 7.06. The van der Waals surface area contributed by atoms with E-state index in [1.54, 1.807) is 48.5 Å². The molecule has 0 heterocycles. The van der Waals surface area contributed by atoms with Gasteiger partial charge < -0.3 is 0 Å². The Bertz CT molecular complexity index is 1210. The molecule has 31 heavy (non-hydrogen) atoms. The van der Waals surface area contributed by atoms with Gasteiger partial charge in [0.25, 0.3) is 9.84 Å². The van der Waals surface area contributed by atoms with Crippen molar-refractivity contribution in [2.75, 3.05) is 0 Å². The van der Waals surface area contributed by atoms with Crippen molar-refractivity contribution in [2.45, 2.75) is 29.4 Å². The Morgan fingerprint density at radius 3 is 2.03 bits per heavy atom. The van der Waals surface area contributed by atoms with Gasteiger partial charge in [0.2, 0.25) is 5.78 Å². The molecule has 0 fully saturated rings. The van der Waals surface area contributed by atoms with E-state index in [0.717, 1.165) is 17.7 Å². The zero-order valence-electron chi connectivity index (χ0n) is 16.8. The average molecular weight is 438 g/mol. The molecule has 3 aromatic rings. The third kappa shape index (κ3) is 5.07. The number of hydrogen-bond acceptors (Lipinski definition) is 3. The van der Waals surface area contributed by atoms with Gasteiger partial charge in [-0.15, -0.1) is 0 Å². The van der Waals surface area contributed by atoms with E-state index in [2.05, 4.69) is 11.8 Å². The predicted molar refractivity (Wildman–Crippen MR) is 115 cm³/mol. The van der Waals surface area contributed by atoms with Gasteiger partial charge in [0.05, 0.1) is 10.8 Å². The van der Waals surface area contributed by atoms with Crippen LogP contribution in [0.1, 0.15) is 29.0 Å². The lowest BCUT2D eigenvalue weighted by Crippen LogP contribution is -2.38. The molecule has 0 amide bonds. The van der Waals surface area contributed by atoms with Gasteiger partial charge in [0.1, 0.15) is 0 Å². The molecule has 0 bridgehead atoms. The fourth-order valence-corrected chi connectivity index (χ4v) is 4.14. The van der Waals surface area contributed by atoms with Crippen LogP contribution in [0.4, 0.5) is 8.78 Å². The van der Waals surface area contributed by atoms with E-state index >= 15 is 0 Å². The van der Waals surface area contributed by atoms with Crippen molar-refractivity contribution in [1.82, 2.24) is 0 Å². The number of carbonyl (C=O) groups excluding carboxylic acids is 1. The maximum absolute atomic E-state index is 14.8. The van der Waals surface area contributed by atoms with Gasteiger partial charge >= 0.3 is 5.25 Å². The Balaban J connectivity index is 1.94. The summed E-state index contributed by atoms with van der Waals surface area (Å²) in [5.74, 6) is 3.18. The number of hydrogen-bond donors (Lipinski definition) is 0. The first-order chi connectivity index (χ1) is 14.7. The number of carbonyl (C=O) groups is 1. The van der Waals surface area contributed by atoms with E-state index in [-0.39, 0.29) is 0 Å².